The summed E-state index contributed by atoms with van der Waals surface area (Å²) in [5.41, 5.74) is 0. The highest BCUT2D eigenvalue weighted by Gasteiger charge is 2.22. The second-order valence-corrected chi connectivity index (χ2v) is 6.28. The second-order valence-electron chi connectivity index (χ2n) is 5.84. The fraction of sp³-hybridized carbons (Fsp3) is 0.688. The van der Waals surface area contributed by atoms with Gasteiger partial charge in [-0.25, -0.2) is 4.98 Å². The Bertz CT molecular complexity index is 426. The first-order chi connectivity index (χ1) is 10.3. The van der Waals surface area contributed by atoms with E-state index in [4.69, 9.17) is 21.1 Å². The molecule has 0 radical (unpaired) electrons. The van der Waals surface area contributed by atoms with Gasteiger partial charge < -0.3 is 14.4 Å². The van der Waals surface area contributed by atoms with E-state index in [1.54, 1.807) is 6.20 Å². The Morgan fingerprint density at radius 3 is 2.76 bits per heavy atom. The Labute approximate surface area is 131 Å². The summed E-state index contributed by atoms with van der Waals surface area (Å²) >= 11 is 5.88. The van der Waals surface area contributed by atoms with Gasteiger partial charge >= 0.3 is 0 Å². The van der Waals surface area contributed by atoms with Gasteiger partial charge in [-0.1, -0.05) is 11.6 Å². The highest BCUT2D eigenvalue weighted by Crippen LogP contribution is 2.22. The van der Waals surface area contributed by atoms with Crippen LogP contribution in [0.1, 0.15) is 32.1 Å². The number of pyridine rings is 1. The number of anilines is 1. The minimum absolute atomic E-state index is 0.315. The van der Waals surface area contributed by atoms with E-state index in [1.807, 2.05) is 12.1 Å². The van der Waals surface area contributed by atoms with Crippen molar-refractivity contribution in [3.05, 3.63) is 23.4 Å². The van der Waals surface area contributed by atoms with Gasteiger partial charge in [0.1, 0.15) is 5.82 Å². The van der Waals surface area contributed by atoms with Crippen LogP contribution in [0.15, 0.2) is 18.3 Å². The molecule has 2 aliphatic rings. The molecule has 4 nitrogen and oxygen atoms in total. The fourth-order valence-corrected chi connectivity index (χ4v) is 3.10. The van der Waals surface area contributed by atoms with Gasteiger partial charge in [-0.05, 0) is 44.2 Å². The summed E-state index contributed by atoms with van der Waals surface area (Å²) in [6.45, 7) is 3.63. The number of hydrogen-bond acceptors (Lipinski definition) is 4. The minimum atomic E-state index is 0.315. The van der Waals surface area contributed by atoms with E-state index >= 15 is 0 Å². The highest BCUT2D eigenvalue weighted by atomic mass is 35.5. The molecule has 1 aromatic rings. The van der Waals surface area contributed by atoms with Crippen LogP contribution < -0.4 is 4.90 Å². The zero-order valence-corrected chi connectivity index (χ0v) is 13.1. The Kier molecular flexibility index (Phi) is 5.33. The van der Waals surface area contributed by atoms with E-state index in [2.05, 4.69) is 9.88 Å². The Balaban J connectivity index is 1.41. The zero-order valence-electron chi connectivity index (χ0n) is 12.3. The van der Waals surface area contributed by atoms with Crippen molar-refractivity contribution in [1.29, 1.82) is 0 Å². The summed E-state index contributed by atoms with van der Waals surface area (Å²) in [7, 11) is 0. The van der Waals surface area contributed by atoms with Gasteiger partial charge in [0.2, 0.25) is 0 Å². The van der Waals surface area contributed by atoms with Gasteiger partial charge in [0, 0.05) is 25.9 Å². The van der Waals surface area contributed by atoms with Crippen LogP contribution in [0.4, 0.5) is 5.82 Å². The van der Waals surface area contributed by atoms with E-state index in [-0.39, 0.29) is 0 Å². The predicted octanol–water partition coefficient (Wildman–Crippen LogP) is 3.29. The molecule has 0 spiro atoms. The molecule has 0 aliphatic carbocycles. The Morgan fingerprint density at radius 1 is 1.24 bits per heavy atom. The topological polar surface area (TPSA) is 34.6 Å². The Hall–Kier alpha value is -0.840. The number of nitrogens with zero attached hydrogens (tertiary/aromatic N) is 2. The molecule has 116 valence electrons. The molecule has 21 heavy (non-hydrogen) atoms. The molecule has 3 rings (SSSR count). The maximum Gasteiger partial charge on any atom is 0.128 e. The lowest BCUT2D eigenvalue weighted by Gasteiger charge is -2.33. The summed E-state index contributed by atoms with van der Waals surface area (Å²) in [5.74, 6) is 1.01. The fourth-order valence-electron chi connectivity index (χ4n) is 2.99. The van der Waals surface area contributed by atoms with Crippen molar-refractivity contribution in [2.75, 3.05) is 31.2 Å². The standard InChI is InChI=1S/C16H23ClN2O2/c17-13-4-5-16(18-11-13)19-8-6-14(7-9-19)21-12-15-3-1-2-10-20-15/h4-5,11,14-15H,1-3,6-10,12H2/t15-/m1/s1. The average molecular weight is 311 g/mol. The van der Waals surface area contributed by atoms with Crippen LogP contribution in [-0.4, -0.2) is 43.5 Å². The molecule has 1 aromatic heterocycles. The molecule has 0 unspecified atom stereocenters. The Morgan fingerprint density at radius 2 is 2.10 bits per heavy atom. The lowest BCUT2D eigenvalue weighted by Crippen LogP contribution is -2.38. The molecular formula is C16H23ClN2O2. The number of halogens is 1. The third kappa shape index (κ3) is 4.31. The van der Waals surface area contributed by atoms with Gasteiger partial charge in [0.25, 0.3) is 0 Å². The number of piperidine rings is 1. The van der Waals surface area contributed by atoms with Crippen molar-refractivity contribution in [3.8, 4) is 0 Å². The monoisotopic (exact) mass is 310 g/mol. The van der Waals surface area contributed by atoms with Gasteiger partial charge in [-0.3, -0.25) is 0 Å². The van der Waals surface area contributed by atoms with Crippen molar-refractivity contribution in [3.63, 3.8) is 0 Å². The van der Waals surface area contributed by atoms with Crippen molar-refractivity contribution in [2.24, 2.45) is 0 Å². The molecule has 3 heterocycles. The highest BCUT2D eigenvalue weighted by molar-refractivity contribution is 6.30. The molecule has 0 aromatic carbocycles. The lowest BCUT2D eigenvalue weighted by molar-refractivity contribution is -0.0672. The van der Waals surface area contributed by atoms with Crippen molar-refractivity contribution in [1.82, 2.24) is 4.98 Å². The molecule has 0 bridgehead atoms. The van der Waals surface area contributed by atoms with E-state index in [1.165, 1.54) is 12.8 Å². The van der Waals surface area contributed by atoms with Gasteiger partial charge in [-0.2, -0.15) is 0 Å². The molecule has 5 heteroatoms. The number of rotatable bonds is 4. The van der Waals surface area contributed by atoms with E-state index in [9.17, 15) is 0 Å². The summed E-state index contributed by atoms with van der Waals surface area (Å²) in [6, 6.07) is 3.88. The molecule has 0 amide bonds. The molecular weight excluding hydrogens is 288 g/mol. The molecule has 1 atom stereocenters. The van der Waals surface area contributed by atoms with Crippen molar-refractivity contribution in [2.45, 2.75) is 44.3 Å². The first kappa shape index (κ1) is 15.1. The SMILES string of the molecule is Clc1ccc(N2CCC(OC[C@H]3CCCCO3)CC2)nc1. The molecule has 0 N–H and O–H groups in total. The minimum Gasteiger partial charge on any atom is -0.376 e. The van der Waals surface area contributed by atoms with Crippen LogP contribution in [0.2, 0.25) is 5.02 Å². The van der Waals surface area contributed by atoms with Crippen LogP contribution in [0.5, 0.6) is 0 Å². The zero-order chi connectivity index (χ0) is 14.5. The second kappa shape index (κ2) is 7.43. The first-order valence-corrected chi connectivity index (χ1v) is 8.29. The first-order valence-electron chi connectivity index (χ1n) is 7.91. The molecule has 2 fully saturated rings. The lowest BCUT2D eigenvalue weighted by atomic mass is 10.1. The van der Waals surface area contributed by atoms with Crippen LogP contribution in [0, 0.1) is 0 Å². The van der Waals surface area contributed by atoms with Crippen LogP contribution in [0.3, 0.4) is 0 Å². The van der Waals surface area contributed by atoms with E-state index < -0.39 is 0 Å². The van der Waals surface area contributed by atoms with E-state index in [0.717, 1.165) is 51.4 Å². The van der Waals surface area contributed by atoms with Gasteiger partial charge in [0.15, 0.2) is 0 Å². The smallest absolute Gasteiger partial charge is 0.128 e. The van der Waals surface area contributed by atoms with Crippen LogP contribution in [0.25, 0.3) is 0 Å². The maximum absolute atomic E-state index is 6.03. The summed E-state index contributed by atoms with van der Waals surface area (Å²) in [5, 5.41) is 0.685. The van der Waals surface area contributed by atoms with Crippen LogP contribution >= 0.6 is 11.6 Å². The number of ether oxygens (including phenoxy) is 2. The quantitative estimate of drug-likeness (QED) is 0.855. The third-order valence-corrected chi connectivity index (χ3v) is 4.49. The summed E-state index contributed by atoms with van der Waals surface area (Å²) in [6.07, 6.45) is 8.10. The number of aromatic nitrogens is 1. The predicted molar refractivity (Wildman–Crippen MR) is 84.0 cm³/mol. The molecule has 2 saturated heterocycles. The maximum atomic E-state index is 6.03. The average Bonchev–Trinajstić information content (AvgIpc) is 2.55. The normalized spacial score (nSPS) is 24.2. The molecule has 2 aliphatic heterocycles. The van der Waals surface area contributed by atoms with Gasteiger partial charge in [0.05, 0.1) is 23.8 Å². The summed E-state index contributed by atoms with van der Waals surface area (Å²) < 4.78 is 11.7. The summed E-state index contributed by atoms with van der Waals surface area (Å²) in [4.78, 5) is 6.68. The third-order valence-electron chi connectivity index (χ3n) is 4.27. The van der Waals surface area contributed by atoms with Gasteiger partial charge in [-0.15, -0.1) is 0 Å². The van der Waals surface area contributed by atoms with E-state index in [0.29, 0.717) is 17.2 Å². The number of hydrogen-bond donors (Lipinski definition) is 0. The van der Waals surface area contributed by atoms with Crippen molar-refractivity contribution >= 4 is 17.4 Å². The van der Waals surface area contributed by atoms with Crippen molar-refractivity contribution < 1.29 is 9.47 Å². The van der Waals surface area contributed by atoms with Crippen LogP contribution in [-0.2, 0) is 9.47 Å². The molecule has 0 saturated carbocycles. The largest absolute Gasteiger partial charge is 0.376 e.